The van der Waals surface area contributed by atoms with Crippen molar-refractivity contribution in [2.75, 3.05) is 32.7 Å². The van der Waals surface area contributed by atoms with Gasteiger partial charge < -0.3 is 15.3 Å². The number of aliphatic carboxylic acids is 1. The Morgan fingerprint density at radius 2 is 1.92 bits per heavy atom. The number of hydrogen-bond acceptors (Lipinski definition) is 3. The first-order chi connectivity index (χ1) is 12.4. The molecule has 1 saturated heterocycles. The molecule has 2 unspecified atom stereocenters. The largest absolute Gasteiger partial charge is 0.481 e. The Kier molecular flexibility index (Phi) is 7.03. The highest BCUT2D eigenvalue weighted by atomic mass is 16.4. The second kappa shape index (κ2) is 9.03. The number of carbonyl (C=O) groups excluding carboxylic acids is 1. The summed E-state index contributed by atoms with van der Waals surface area (Å²) in [6.07, 6.45) is 1.37. The van der Waals surface area contributed by atoms with Crippen LogP contribution < -0.4 is 5.32 Å². The van der Waals surface area contributed by atoms with Crippen molar-refractivity contribution in [3.8, 4) is 0 Å². The molecule has 144 valence electrons. The van der Waals surface area contributed by atoms with Gasteiger partial charge >= 0.3 is 12.0 Å². The summed E-state index contributed by atoms with van der Waals surface area (Å²) in [5.74, 6) is -0.835. The molecular formula is C20H31N3O3. The highest BCUT2D eigenvalue weighted by Gasteiger charge is 2.42. The lowest BCUT2D eigenvalue weighted by molar-refractivity contribution is -0.147. The molecule has 0 aliphatic carbocycles. The molecule has 2 atom stereocenters. The van der Waals surface area contributed by atoms with Crippen LogP contribution in [0.5, 0.6) is 0 Å². The predicted molar refractivity (Wildman–Crippen MR) is 102 cm³/mol. The lowest BCUT2D eigenvalue weighted by atomic mass is 9.90. The van der Waals surface area contributed by atoms with E-state index in [1.807, 2.05) is 18.2 Å². The topological polar surface area (TPSA) is 72.9 Å². The molecule has 1 aliphatic rings. The van der Waals surface area contributed by atoms with E-state index < -0.39 is 11.4 Å². The Bertz CT molecular complexity index is 604. The highest BCUT2D eigenvalue weighted by Crippen LogP contribution is 2.29. The van der Waals surface area contributed by atoms with Crippen molar-refractivity contribution < 1.29 is 14.7 Å². The Hall–Kier alpha value is -2.08. The Balaban J connectivity index is 1.96. The zero-order chi connectivity index (χ0) is 19.2. The molecule has 0 bridgehead atoms. The number of nitrogens with one attached hydrogen (secondary N) is 1. The first-order valence-electron chi connectivity index (χ1n) is 9.43. The molecule has 1 aliphatic heterocycles. The minimum Gasteiger partial charge on any atom is -0.481 e. The fourth-order valence-corrected chi connectivity index (χ4v) is 3.58. The summed E-state index contributed by atoms with van der Waals surface area (Å²) in [6.45, 7) is 9.11. The maximum Gasteiger partial charge on any atom is 0.317 e. The molecule has 0 aromatic heterocycles. The maximum absolute atomic E-state index is 12.5. The summed E-state index contributed by atoms with van der Waals surface area (Å²) in [5, 5.41) is 12.3. The summed E-state index contributed by atoms with van der Waals surface area (Å²) in [4.78, 5) is 27.8. The molecule has 0 spiro atoms. The molecule has 2 amide bonds. The van der Waals surface area contributed by atoms with Gasteiger partial charge in [0.2, 0.25) is 0 Å². The van der Waals surface area contributed by atoms with E-state index in [1.165, 1.54) is 5.56 Å². The second-order valence-corrected chi connectivity index (χ2v) is 7.29. The monoisotopic (exact) mass is 361 g/mol. The Morgan fingerprint density at radius 3 is 2.46 bits per heavy atom. The number of carboxylic acids is 1. The highest BCUT2D eigenvalue weighted by molar-refractivity contribution is 5.79. The normalized spacial score (nSPS) is 21.0. The minimum atomic E-state index is -0.835. The number of carbonyl (C=O) groups is 2. The van der Waals surface area contributed by atoms with Crippen molar-refractivity contribution in [2.24, 2.45) is 5.41 Å². The number of carboxylic acid groups (broad SMARTS) is 1. The minimum absolute atomic E-state index is 0.166. The first kappa shape index (κ1) is 20.2. The van der Waals surface area contributed by atoms with E-state index in [4.69, 9.17) is 0 Å². The molecule has 1 aromatic carbocycles. The number of urea groups is 1. The Labute approximate surface area is 156 Å². The van der Waals surface area contributed by atoms with Crippen LogP contribution in [0.3, 0.4) is 0 Å². The summed E-state index contributed by atoms with van der Waals surface area (Å²) >= 11 is 0. The third-order valence-electron chi connectivity index (χ3n) is 5.41. The van der Waals surface area contributed by atoms with Gasteiger partial charge in [0.25, 0.3) is 0 Å². The number of hydrogen-bond donors (Lipinski definition) is 2. The first-order valence-corrected chi connectivity index (χ1v) is 9.43. The van der Waals surface area contributed by atoms with Crippen LogP contribution in [0, 0.1) is 5.41 Å². The molecule has 2 N–H and O–H groups in total. The molecule has 26 heavy (non-hydrogen) atoms. The van der Waals surface area contributed by atoms with Crippen LogP contribution in [-0.4, -0.2) is 65.7 Å². The number of amides is 2. The van der Waals surface area contributed by atoms with Gasteiger partial charge in [-0.2, -0.15) is 0 Å². The van der Waals surface area contributed by atoms with E-state index in [0.29, 0.717) is 19.5 Å². The van der Waals surface area contributed by atoms with Gasteiger partial charge in [0.1, 0.15) is 0 Å². The summed E-state index contributed by atoms with van der Waals surface area (Å²) in [7, 11) is 0. The van der Waals surface area contributed by atoms with Crippen molar-refractivity contribution in [1.82, 2.24) is 15.1 Å². The summed E-state index contributed by atoms with van der Waals surface area (Å²) < 4.78 is 0. The summed E-state index contributed by atoms with van der Waals surface area (Å²) in [6, 6.07) is 10.3. The number of likely N-dealkylation sites (tertiary alicyclic amines) is 1. The molecule has 0 saturated carbocycles. The zero-order valence-electron chi connectivity index (χ0n) is 16.1. The smallest absolute Gasteiger partial charge is 0.317 e. The predicted octanol–water partition coefficient (Wildman–Crippen LogP) is 2.45. The van der Waals surface area contributed by atoms with Gasteiger partial charge in [-0.15, -0.1) is 0 Å². The van der Waals surface area contributed by atoms with Gasteiger partial charge in [-0.1, -0.05) is 44.2 Å². The van der Waals surface area contributed by atoms with Crippen LogP contribution >= 0.6 is 0 Å². The van der Waals surface area contributed by atoms with Gasteiger partial charge in [-0.25, -0.2) is 4.79 Å². The molecule has 2 rings (SSSR count). The van der Waals surface area contributed by atoms with E-state index in [2.05, 4.69) is 36.2 Å². The third-order valence-corrected chi connectivity index (χ3v) is 5.41. The van der Waals surface area contributed by atoms with E-state index in [-0.39, 0.29) is 18.6 Å². The quantitative estimate of drug-likeness (QED) is 0.746. The molecule has 1 fully saturated rings. The summed E-state index contributed by atoms with van der Waals surface area (Å²) in [5.41, 5.74) is 0.415. The van der Waals surface area contributed by atoms with E-state index in [1.54, 1.807) is 11.8 Å². The Morgan fingerprint density at radius 1 is 1.27 bits per heavy atom. The van der Waals surface area contributed by atoms with Crippen LogP contribution in [0.1, 0.15) is 32.8 Å². The number of rotatable bonds is 8. The van der Waals surface area contributed by atoms with Crippen LogP contribution in [0.2, 0.25) is 0 Å². The van der Waals surface area contributed by atoms with E-state index in [9.17, 15) is 14.7 Å². The SMILES string of the molecule is CCN(CC)C(CNC(=O)N1CCC(C)(C(=O)O)C1)Cc1ccccc1. The van der Waals surface area contributed by atoms with Gasteiger partial charge in [0.05, 0.1) is 5.41 Å². The van der Waals surface area contributed by atoms with Crippen molar-refractivity contribution in [2.45, 2.75) is 39.7 Å². The van der Waals surface area contributed by atoms with Crippen molar-refractivity contribution in [3.63, 3.8) is 0 Å². The zero-order valence-corrected chi connectivity index (χ0v) is 16.1. The lowest BCUT2D eigenvalue weighted by Gasteiger charge is -2.31. The van der Waals surface area contributed by atoms with Crippen LogP contribution in [0.15, 0.2) is 30.3 Å². The standard InChI is InChI=1S/C20H31N3O3/c1-4-22(5-2)17(13-16-9-7-6-8-10-16)14-21-19(26)23-12-11-20(3,15-23)18(24)25/h6-10,17H,4-5,11-15H2,1-3H3,(H,21,26)(H,24,25). The van der Waals surface area contributed by atoms with Crippen LogP contribution in [-0.2, 0) is 11.2 Å². The van der Waals surface area contributed by atoms with Gasteiger partial charge in [-0.05, 0) is 38.4 Å². The van der Waals surface area contributed by atoms with Crippen LogP contribution in [0.25, 0.3) is 0 Å². The molecular weight excluding hydrogens is 330 g/mol. The fraction of sp³-hybridized carbons (Fsp3) is 0.600. The van der Waals surface area contributed by atoms with Crippen molar-refractivity contribution in [1.29, 1.82) is 0 Å². The second-order valence-electron chi connectivity index (χ2n) is 7.29. The number of likely N-dealkylation sites (N-methyl/N-ethyl adjacent to an activating group) is 1. The van der Waals surface area contributed by atoms with Gasteiger partial charge in [0.15, 0.2) is 0 Å². The molecule has 1 aromatic rings. The number of benzene rings is 1. The van der Waals surface area contributed by atoms with E-state index in [0.717, 1.165) is 19.5 Å². The van der Waals surface area contributed by atoms with Gasteiger partial charge in [-0.3, -0.25) is 9.69 Å². The lowest BCUT2D eigenvalue weighted by Crippen LogP contribution is -2.48. The third kappa shape index (κ3) is 4.97. The molecule has 6 nitrogen and oxygen atoms in total. The fourth-order valence-electron chi connectivity index (χ4n) is 3.58. The average molecular weight is 361 g/mol. The number of nitrogens with zero attached hydrogens (tertiary/aromatic N) is 2. The average Bonchev–Trinajstić information content (AvgIpc) is 3.05. The van der Waals surface area contributed by atoms with Crippen molar-refractivity contribution in [3.05, 3.63) is 35.9 Å². The van der Waals surface area contributed by atoms with Crippen LogP contribution in [0.4, 0.5) is 4.79 Å². The molecule has 1 heterocycles. The maximum atomic E-state index is 12.5. The van der Waals surface area contributed by atoms with Crippen molar-refractivity contribution >= 4 is 12.0 Å². The van der Waals surface area contributed by atoms with Gasteiger partial charge in [0, 0.05) is 25.7 Å². The van der Waals surface area contributed by atoms with E-state index >= 15 is 0 Å². The molecule has 0 radical (unpaired) electrons. The molecule has 6 heteroatoms.